The van der Waals surface area contributed by atoms with Crippen LogP contribution in [0.3, 0.4) is 0 Å². The lowest BCUT2D eigenvalue weighted by Crippen LogP contribution is -2.46. The molecule has 2 fully saturated rings. The Hall–Kier alpha value is -2.44. The van der Waals surface area contributed by atoms with E-state index in [-0.39, 0.29) is 17.7 Å². The molecule has 7 heteroatoms. The van der Waals surface area contributed by atoms with Crippen molar-refractivity contribution >= 4 is 17.6 Å². The molecule has 4 rings (SSSR count). The highest BCUT2D eigenvalue weighted by Gasteiger charge is 2.33. The standard InChI is InChI=1S/C18H23N5O2/c24-16(20-11-15-12-23-8-2-7-19-18(23)21-15)13-5-9-22(10-6-13)17(25)14-3-1-4-14/h2,7-8,12-14H,1,3-6,9-11H2,(H,20,24). The van der Waals surface area contributed by atoms with Crippen molar-refractivity contribution < 1.29 is 9.59 Å². The van der Waals surface area contributed by atoms with Crippen molar-refractivity contribution in [2.75, 3.05) is 13.1 Å². The molecule has 1 aliphatic carbocycles. The lowest BCUT2D eigenvalue weighted by Gasteiger charge is -2.36. The summed E-state index contributed by atoms with van der Waals surface area (Å²) < 4.78 is 1.84. The Labute approximate surface area is 146 Å². The van der Waals surface area contributed by atoms with Crippen LogP contribution in [0.5, 0.6) is 0 Å². The van der Waals surface area contributed by atoms with Crippen LogP contribution >= 0.6 is 0 Å². The number of piperidine rings is 1. The highest BCUT2D eigenvalue weighted by atomic mass is 16.2. The summed E-state index contributed by atoms with van der Waals surface area (Å²) in [5, 5.41) is 2.97. The number of nitrogens with one attached hydrogen (secondary N) is 1. The van der Waals surface area contributed by atoms with Gasteiger partial charge in [0.05, 0.1) is 12.2 Å². The van der Waals surface area contributed by atoms with E-state index in [0.717, 1.165) is 31.4 Å². The second kappa shape index (κ2) is 6.82. The van der Waals surface area contributed by atoms with Crippen LogP contribution in [0.4, 0.5) is 0 Å². The lowest BCUT2D eigenvalue weighted by molar-refractivity contribution is -0.141. The molecule has 3 heterocycles. The maximum atomic E-state index is 12.4. The van der Waals surface area contributed by atoms with Gasteiger partial charge >= 0.3 is 0 Å². The minimum atomic E-state index is -0.0133. The zero-order valence-electron chi connectivity index (χ0n) is 14.2. The van der Waals surface area contributed by atoms with Gasteiger partial charge in [-0.1, -0.05) is 6.42 Å². The third-order valence-corrected chi connectivity index (χ3v) is 5.36. The molecule has 0 aromatic carbocycles. The van der Waals surface area contributed by atoms with Crippen LogP contribution in [0.25, 0.3) is 5.78 Å². The zero-order chi connectivity index (χ0) is 17.2. The number of amides is 2. The van der Waals surface area contributed by atoms with Gasteiger partial charge in [-0.3, -0.25) is 14.0 Å². The summed E-state index contributed by atoms with van der Waals surface area (Å²) in [6.07, 6.45) is 10.2. The van der Waals surface area contributed by atoms with Crippen LogP contribution in [0.15, 0.2) is 24.7 Å². The van der Waals surface area contributed by atoms with Crippen molar-refractivity contribution in [2.45, 2.75) is 38.6 Å². The number of fused-ring (bicyclic) bond motifs is 1. The van der Waals surface area contributed by atoms with Crippen LogP contribution in [-0.4, -0.2) is 44.2 Å². The van der Waals surface area contributed by atoms with Gasteiger partial charge in [0, 0.05) is 43.5 Å². The second-order valence-corrected chi connectivity index (χ2v) is 7.00. The molecular weight excluding hydrogens is 318 g/mol. The van der Waals surface area contributed by atoms with Crippen LogP contribution in [0, 0.1) is 11.8 Å². The van der Waals surface area contributed by atoms with Crippen molar-refractivity contribution in [3.8, 4) is 0 Å². The Morgan fingerprint density at radius 1 is 1.16 bits per heavy atom. The number of nitrogens with zero attached hydrogens (tertiary/aromatic N) is 4. The Balaban J connectivity index is 1.26. The van der Waals surface area contributed by atoms with Crippen molar-refractivity contribution in [1.82, 2.24) is 24.6 Å². The first-order valence-electron chi connectivity index (χ1n) is 9.06. The summed E-state index contributed by atoms with van der Waals surface area (Å²) in [7, 11) is 0. The third kappa shape index (κ3) is 3.36. The highest BCUT2D eigenvalue weighted by molar-refractivity contribution is 5.81. The molecule has 1 saturated heterocycles. The van der Waals surface area contributed by atoms with E-state index in [2.05, 4.69) is 15.3 Å². The van der Waals surface area contributed by atoms with Gasteiger partial charge in [-0.05, 0) is 31.7 Å². The first-order valence-corrected chi connectivity index (χ1v) is 9.06. The molecule has 0 atom stereocenters. The molecule has 2 aliphatic rings. The Morgan fingerprint density at radius 2 is 1.96 bits per heavy atom. The summed E-state index contributed by atoms with van der Waals surface area (Å²) in [5.41, 5.74) is 0.796. The first kappa shape index (κ1) is 16.1. The number of hydrogen-bond acceptors (Lipinski definition) is 4. The van der Waals surface area contributed by atoms with E-state index in [1.165, 1.54) is 6.42 Å². The number of hydrogen-bond donors (Lipinski definition) is 1. The van der Waals surface area contributed by atoms with Crippen molar-refractivity contribution in [2.24, 2.45) is 11.8 Å². The SMILES string of the molecule is O=C(NCc1cn2cccnc2n1)C1CCN(C(=O)C2CCC2)CC1. The first-order chi connectivity index (χ1) is 12.2. The molecule has 0 unspecified atom stereocenters. The van der Waals surface area contributed by atoms with Crippen LogP contribution in [0.2, 0.25) is 0 Å². The molecule has 1 N–H and O–H groups in total. The number of imidazole rings is 1. The molecular formula is C18H23N5O2. The van der Waals surface area contributed by atoms with E-state index in [9.17, 15) is 9.59 Å². The number of carbonyl (C=O) groups excluding carboxylic acids is 2. The average molecular weight is 341 g/mol. The van der Waals surface area contributed by atoms with E-state index >= 15 is 0 Å². The average Bonchev–Trinajstić information content (AvgIpc) is 3.01. The van der Waals surface area contributed by atoms with Gasteiger partial charge in [-0.25, -0.2) is 9.97 Å². The molecule has 2 aromatic heterocycles. The summed E-state index contributed by atoms with van der Waals surface area (Å²) in [6.45, 7) is 1.81. The Kier molecular flexibility index (Phi) is 4.38. The van der Waals surface area contributed by atoms with Gasteiger partial charge in [0.2, 0.25) is 17.6 Å². The number of carbonyl (C=O) groups is 2. The molecule has 1 aliphatic heterocycles. The van der Waals surface area contributed by atoms with Gasteiger partial charge in [0.25, 0.3) is 0 Å². The molecule has 0 bridgehead atoms. The van der Waals surface area contributed by atoms with Crippen LogP contribution < -0.4 is 5.32 Å². The maximum Gasteiger partial charge on any atom is 0.233 e. The Bertz CT molecular complexity index is 742. The van der Waals surface area contributed by atoms with E-state index in [0.29, 0.717) is 31.3 Å². The summed E-state index contributed by atoms with van der Waals surface area (Å²) in [5.74, 6) is 1.22. The highest BCUT2D eigenvalue weighted by Crippen LogP contribution is 2.30. The van der Waals surface area contributed by atoms with Gasteiger partial charge in [-0.15, -0.1) is 0 Å². The zero-order valence-corrected chi connectivity index (χ0v) is 14.2. The van der Waals surface area contributed by atoms with Crippen molar-refractivity contribution in [1.29, 1.82) is 0 Å². The van der Waals surface area contributed by atoms with E-state index in [1.54, 1.807) is 6.20 Å². The largest absolute Gasteiger partial charge is 0.350 e. The third-order valence-electron chi connectivity index (χ3n) is 5.36. The van der Waals surface area contributed by atoms with Gasteiger partial charge in [0.1, 0.15) is 0 Å². The van der Waals surface area contributed by atoms with Crippen LogP contribution in [0.1, 0.15) is 37.8 Å². The predicted octanol–water partition coefficient (Wildman–Crippen LogP) is 1.38. The molecule has 2 amide bonds. The number of likely N-dealkylation sites (tertiary alicyclic amines) is 1. The van der Waals surface area contributed by atoms with Gasteiger partial charge < -0.3 is 10.2 Å². The molecule has 1 saturated carbocycles. The second-order valence-electron chi connectivity index (χ2n) is 7.00. The van der Waals surface area contributed by atoms with Crippen molar-refractivity contribution in [3.05, 3.63) is 30.4 Å². The summed E-state index contributed by atoms with van der Waals surface area (Å²) in [6, 6.07) is 1.84. The summed E-state index contributed by atoms with van der Waals surface area (Å²) >= 11 is 0. The summed E-state index contributed by atoms with van der Waals surface area (Å²) in [4.78, 5) is 35.2. The van der Waals surface area contributed by atoms with Gasteiger partial charge in [0.15, 0.2) is 0 Å². The topological polar surface area (TPSA) is 79.6 Å². The molecule has 0 radical (unpaired) electrons. The quantitative estimate of drug-likeness (QED) is 0.911. The van der Waals surface area contributed by atoms with E-state index in [1.807, 2.05) is 27.8 Å². The number of aromatic nitrogens is 3. The smallest absolute Gasteiger partial charge is 0.233 e. The van der Waals surface area contributed by atoms with E-state index in [4.69, 9.17) is 0 Å². The Morgan fingerprint density at radius 3 is 2.64 bits per heavy atom. The molecule has 2 aromatic rings. The fraction of sp³-hybridized carbons (Fsp3) is 0.556. The predicted molar refractivity (Wildman–Crippen MR) is 91.5 cm³/mol. The minimum absolute atomic E-state index is 0.0133. The normalized spacial score (nSPS) is 19.0. The fourth-order valence-corrected chi connectivity index (χ4v) is 3.56. The van der Waals surface area contributed by atoms with E-state index < -0.39 is 0 Å². The molecule has 132 valence electrons. The molecule has 25 heavy (non-hydrogen) atoms. The monoisotopic (exact) mass is 341 g/mol. The molecule has 0 spiro atoms. The minimum Gasteiger partial charge on any atom is -0.350 e. The number of rotatable bonds is 4. The molecule has 7 nitrogen and oxygen atoms in total. The maximum absolute atomic E-state index is 12.4. The van der Waals surface area contributed by atoms with Crippen molar-refractivity contribution in [3.63, 3.8) is 0 Å². The van der Waals surface area contributed by atoms with Crippen LogP contribution in [-0.2, 0) is 16.1 Å². The fourth-order valence-electron chi connectivity index (χ4n) is 3.56. The lowest BCUT2D eigenvalue weighted by atomic mass is 9.83. The van der Waals surface area contributed by atoms with Gasteiger partial charge in [-0.2, -0.15) is 0 Å².